The molecule has 0 heterocycles. The first-order valence-corrected chi connectivity index (χ1v) is 11.6. The third-order valence-corrected chi connectivity index (χ3v) is 6.08. The highest BCUT2D eigenvalue weighted by Gasteiger charge is 2.03. The van der Waals surface area contributed by atoms with Crippen molar-refractivity contribution in [1.29, 1.82) is 0 Å². The van der Waals surface area contributed by atoms with E-state index >= 15 is 0 Å². The van der Waals surface area contributed by atoms with Crippen LogP contribution in [-0.2, 0) is 0 Å². The molecule has 0 aliphatic carbocycles. The number of hydrogen-bond donors (Lipinski definition) is 0. The summed E-state index contributed by atoms with van der Waals surface area (Å²) in [5.74, 6) is 1.83. The molecule has 2 aromatic rings. The van der Waals surface area contributed by atoms with Gasteiger partial charge in [0.1, 0.15) is 11.5 Å². The molecule has 0 saturated heterocycles. The first-order chi connectivity index (χ1) is 9.06. The van der Waals surface area contributed by atoms with Crippen LogP contribution in [0.5, 0.6) is 11.5 Å². The molecule has 19 heavy (non-hydrogen) atoms. The van der Waals surface area contributed by atoms with Crippen LogP contribution in [0.1, 0.15) is 0 Å². The van der Waals surface area contributed by atoms with Gasteiger partial charge in [-0.3, -0.25) is 0 Å². The largest absolute Gasteiger partial charge is 0.457 e. The van der Waals surface area contributed by atoms with Crippen LogP contribution in [0.2, 0.25) is 26.2 Å². The highest BCUT2D eigenvalue weighted by Crippen LogP contribution is 2.19. The molecule has 2 rings (SSSR count). The fourth-order valence-electron chi connectivity index (χ4n) is 1.85. The summed E-state index contributed by atoms with van der Waals surface area (Å²) in [6.07, 6.45) is 0. The Balaban J connectivity index is 2.08. The molecule has 0 N–H and O–H groups in total. The van der Waals surface area contributed by atoms with E-state index in [1.807, 2.05) is 0 Å². The minimum Gasteiger partial charge on any atom is -0.457 e. The van der Waals surface area contributed by atoms with Gasteiger partial charge in [0.15, 0.2) is 0 Å². The predicted octanol–water partition coefficient (Wildman–Crippen LogP) is 3.40. The van der Waals surface area contributed by atoms with Gasteiger partial charge in [0.05, 0.1) is 17.6 Å². The van der Waals surface area contributed by atoms with Crippen LogP contribution in [0, 0.1) is 0 Å². The van der Waals surface area contributed by atoms with E-state index in [-0.39, 0.29) is 17.6 Å². The molecular formula is C16H20OSi2. The third kappa shape index (κ3) is 3.82. The van der Waals surface area contributed by atoms with Gasteiger partial charge in [0.2, 0.25) is 0 Å². The van der Waals surface area contributed by atoms with Crippen LogP contribution >= 0.6 is 0 Å². The van der Waals surface area contributed by atoms with Crippen molar-refractivity contribution in [3.05, 3.63) is 48.5 Å². The lowest BCUT2D eigenvalue weighted by Gasteiger charge is -2.09. The second-order valence-corrected chi connectivity index (χ2v) is 10.3. The van der Waals surface area contributed by atoms with Gasteiger partial charge in [-0.25, -0.2) is 0 Å². The zero-order valence-electron chi connectivity index (χ0n) is 12.0. The Morgan fingerprint density at radius 2 is 0.895 bits per heavy atom. The quantitative estimate of drug-likeness (QED) is 0.782. The molecule has 2 radical (unpaired) electrons. The molecule has 3 heteroatoms. The van der Waals surface area contributed by atoms with Gasteiger partial charge < -0.3 is 4.74 Å². The zero-order valence-corrected chi connectivity index (χ0v) is 14.0. The highest BCUT2D eigenvalue weighted by molar-refractivity contribution is 6.71. The van der Waals surface area contributed by atoms with Gasteiger partial charge in [0, 0.05) is 0 Å². The Morgan fingerprint density at radius 1 is 0.579 bits per heavy atom. The van der Waals surface area contributed by atoms with E-state index in [0.29, 0.717) is 0 Å². The van der Waals surface area contributed by atoms with Crippen LogP contribution in [0.25, 0.3) is 0 Å². The minimum atomic E-state index is -0.368. The van der Waals surface area contributed by atoms with Gasteiger partial charge in [0.25, 0.3) is 0 Å². The average molecular weight is 285 g/mol. The van der Waals surface area contributed by atoms with E-state index in [0.717, 1.165) is 11.5 Å². The van der Waals surface area contributed by atoms with Crippen molar-refractivity contribution in [1.82, 2.24) is 0 Å². The highest BCUT2D eigenvalue weighted by atomic mass is 28.3. The Labute approximate surface area is 119 Å². The maximum absolute atomic E-state index is 5.87. The van der Waals surface area contributed by atoms with E-state index in [4.69, 9.17) is 4.74 Å². The van der Waals surface area contributed by atoms with Crippen molar-refractivity contribution in [2.24, 2.45) is 0 Å². The molecule has 1 nitrogen and oxygen atoms in total. The molecule has 0 bridgehead atoms. The van der Waals surface area contributed by atoms with Crippen molar-refractivity contribution in [2.75, 3.05) is 0 Å². The molecule has 0 amide bonds. The molecule has 0 saturated carbocycles. The fraction of sp³-hybridized carbons (Fsp3) is 0.250. The molecule has 0 spiro atoms. The minimum absolute atomic E-state index is 0.368. The van der Waals surface area contributed by atoms with E-state index < -0.39 is 0 Å². The predicted molar refractivity (Wildman–Crippen MR) is 87.2 cm³/mol. The van der Waals surface area contributed by atoms with E-state index in [9.17, 15) is 0 Å². The standard InChI is InChI=1S/C16H20OSi2/c1-18(2)15-9-5-13(6-10-15)17-14-7-11-16(12-8-14)19(3)4/h5-12H,1-4H3. The smallest absolute Gasteiger partial charge is 0.127 e. The molecule has 0 aromatic heterocycles. The van der Waals surface area contributed by atoms with Crippen LogP contribution in [0.3, 0.4) is 0 Å². The Bertz CT molecular complexity index is 466. The normalized spacial score (nSPS) is 11.1. The third-order valence-electron chi connectivity index (χ3n) is 3.10. The molecule has 0 fully saturated rings. The summed E-state index contributed by atoms with van der Waals surface area (Å²) in [4.78, 5) is 0. The van der Waals surface area contributed by atoms with Crippen LogP contribution in [0.15, 0.2) is 48.5 Å². The van der Waals surface area contributed by atoms with Gasteiger partial charge in [-0.2, -0.15) is 0 Å². The van der Waals surface area contributed by atoms with E-state index in [2.05, 4.69) is 74.7 Å². The molecular weight excluding hydrogens is 264 g/mol. The lowest BCUT2D eigenvalue weighted by Crippen LogP contribution is -2.22. The molecule has 2 aromatic carbocycles. The van der Waals surface area contributed by atoms with Crippen molar-refractivity contribution < 1.29 is 4.74 Å². The SMILES string of the molecule is C[Si](C)c1ccc(Oc2ccc([Si](C)C)cc2)cc1. The average Bonchev–Trinajstić information content (AvgIpc) is 2.40. The van der Waals surface area contributed by atoms with Crippen molar-refractivity contribution in [3.8, 4) is 11.5 Å². The van der Waals surface area contributed by atoms with Crippen LogP contribution in [0.4, 0.5) is 0 Å². The molecule has 0 aliphatic heterocycles. The second kappa shape index (κ2) is 6.21. The monoisotopic (exact) mass is 284 g/mol. The first kappa shape index (κ1) is 14.1. The maximum Gasteiger partial charge on any atom is 0.127 e. The number of ether oxygens (including phenoxy) is 1. The lowest BCUT2D eigenvalue weighted by atomic mass is 10.3. The summed E-state index contributed by atoms with van der Waals surface area (Å²) in [7, 11) is -0.736. The summed E-state index contributed by atoms with van der Waals surface area (Å²) >= 11 is 0. The van der Waals surface area contributed by atoms with Gasteiger partial charge >= 0.3 is 0 Å². The number of benzene rings is 2. The van der Waals surface area contributed by atoms with Gasteiger partial charge in [-0.15, -0.1) is 0 Å². The molecule has 0 atom stereocenters. The summed E-state index contributed by atoms with van der Waals surface area (Å²) in [6, 6.07) is 17.0. The van der Waals surface area contributed by atoms with Crippen molar-refractivity contribution >= 4 is 28.0 Å². The Hall–Kier alpha value is -1.33. The summed E-state index contributed by atoms with van der Waals surface area (Å²) < 4.78 is 5.87. The van der Waals surface area contributed by atoms with E-state index in [1.165, 1.54) is 10.4 Å². The Morgan fingerprint density at radius 3 is 1.16 bits per heavy atom. The molecule has 0 aliphatic rings. The topological polar surface area (TPSA) is 9.23 Å². The number of hydrogen-bond acceptors (Lipinski definition) is 1. The van der Waals surface area contributed by atoms with Crippen molar-refractivity contribution in [3.63, 3.8) is 0 Å². The van der Waals surface area contributed by atoms with Gasteiger partial charge in [-0.1, -0.05) is 60.8 Å². The second-order valence-electron chi connectivity index (χ2n) is 5.15. The van der Waals surface area contributed by atoms with E-state index in [1.54, 1.807) is 0 Å². The molecule has 0 unspecified atom stereocenters. The summed E-state index contributed by atoms with van der Waals surface area (Å²) in [5, 5.41) is 2.88. The van der Waals surface area contributed by atoms with Crippen LogP contribution in [-0.4, -0.2) is 17.6 Å². The maximum atomic E-state index is 5.87. The fourth-order valence-corrected chi connectivity index (χ4v) is 3.52. The Kier molecular flexibility index (Phi) is 4.61. The lowest BCUT2D eigenvalue weighted by molar-refractivity contribution is 0.483. The zero-order chi connectivity index (χ0) is 13.8. The van der Waals surface area contributed by atoms with Crippen molar-refractivity contribution in [2.45, 2.75) is 26.2 Å². The summed E-state index contributed by atoms with van der Waals surface area (Å²) in [6.45, 7) is 9.20. The first-order valence-electron chi connectivity index (χ1n) is 6.55. The summed E-state index contributed by atoms with van der Waals surface area (Å²) in [5.41, 5.74) is 0. The molecule has 98 valence electrons. The number of rotatable bonds is 4. The van der Waals surface area contributed by atoms with Gasteiger partial charge in [-0.05, 0) is 24.3 Å². The van der Waals surface area contributed by atoms with Crippen LogP contribution < -0.4 is 15.1 Å².